The SMILES string of the molecule is CCc1ccccc1C=CCCNC(=O)OC(C)(C)C. The maximum Gasteiger partial charge on any atom is 0.407 e. The van der Waals surface area contributed by atoms with E-state index in [1.807, 2.05) is 26.8 Å². The van der Waals surface area contributed by atoms with Crippen LogP contribution < -0.4 is 5.32 Å². The second kappa shape index (κ2) is 7.73. The third kappa shape index (κ3) is 6.41. The van der Waals surface area contributed by atoms with E-state index in [-0.39, 0.29) is 6.09 Å². The van der Waals surface area contributed by atoms with Crippen LogP contribution in [0, 0.1) is 0 Å². The molecule has 0 radical (unpaired) electrons. The molecule has 0 aromatic heterocycles. The fourth-order valence-electron chi connectivity index (χ4n) is 1.80. The first-order valence-electron chi connectivity index (χ1n) is 7.13. The molecule has 110 valence electrons. The summed E-state index contributed by atoms with van der Waals surface area (Å²) in [6.45, 7) is 8.30. The molecule has 3 heteroatoms. The molecular formula is C17H25NO2. The molecule has 1 amide bonds. The summed E-state index contributed by atoms with van der Waals surface area (Å²) < 4.78 is 5.16. The number of amides is 1. The lowest BCUT2D eigenvalue weighted by molar-refractivity contribution is 0.0529. The smallest absolute Gasteiger partial charge is 0.407 e. The summed E-state index contributed by atoms with van der Waals surface area (Å²) >= 11 is 0. The number of hydrogen-bond acceptors (Lipinski definition) is 2. The molecule has 0 aliphatic heterocycles. The molecule has 0 spiro atoms. The van der Waals surface area contributed by atoms with E-state index in [9.17, 15) is 4.79 Å². The molecule has 20 heavy (non-hydrogen) atoms. The van der Waals surface area contributed by atoms with Gasteiger partial charge in [-0.25, -0.2) is 4.79 Å². The van der Waals surface area contributed by atoms with E-state index in [1.165, 1.54) is 11.1 Å². The minimum Gasteiger partial charge on any atom is -0.444 e. The van der Waals surface area contributed by atoms with Crippen LogP contribution in [-0.4, -0.2) is 18.2 Å². The number of nitrogens with one attached hydrogen (secondary N) is 1. The predicted molar refractivity (Wildman–Crippen MR) is 83.7 cm³/mol. The van der Waals surface area contributed by atoms with Crippen molar-refractivity contribution >= 4 is 12.2 Å². The number of hydrogen-bond donors (Lipinski definition) is 1. The van der Waals surface area contributed by atoms with Crippen LogP contribution in [-0.2, 0) is 11.2 Å². The van der Waals surface area contributed by atoms with Gasteiger partial charge in [-0.2, -0.15) is 0 Å². The minimum absolute atomic E-state index is 0.361. The Morgan fingerprint density at radius 3 is 2.65 bits per heavy atom. The van der Waals surface area contributed by atoms with Gasteiger partial charge in [0.25, 0.3) is 0 Å². The molecule has 0 bridgehead atoms. The van der Waals surface area contributed by atoms with Crippen LogP contribution in [0.4, 0.5) is 4.79 Å². The third-order valence-electron chi connectivity index (χ3n) is 2.71. The molecule has 0 fully saturated rings. The van der Waals surface area contributed by atoms with E-state index in [0.717, 1.165) is 12.8 Å². The van der Waals surface area contributed by atoms with Crippen LogP contribution in [0.25, 0.3) is 6.08 Å². The van der Waals surface area contributed by atoms with Crippen molar-refractivity contribution in [2.24, 2.45) is 0 Å². The molecular weight excluding hydrogens is 250 g/mol. The van der Waals surface area contributed by atoms with Crippen molar-refractivity contribution in [1.29, 1.82) is 0 Å². The van der Waals surface area contributed by atoms with Crippen LogP contribution in [0.5, 0.6) is 0 Å². The summed E-state index contributed by atoms with van der Waals surface area (Å²) in [6.07, 6.45) is 5.63. The van der Waals surface area contributed by atoms with Gasteiger partial charge in [0.2, 0.25) is 0 Å². The number of carbonyl (C=O) groups is 1. The summed E-state index contributed by atoms with van der Waals surface area (Å²) in [5, 5.41) is 2.74. The quantitative estimate of drug-likeness (QED) is 0.819. The van der Waals surface area contributed by atoms with Crippen molar-refractivity contribution < 1.29 is 9.53 Å². The Bertz CT molecular complexity index is 458. The van der Waals surface area contributed by atoms with Crippen LogP contribution >= 0.6 is 0 Å². The first-order valence-corrected chi connectivity index (χ1v) is 7.13. The Hall–Kier alpha value is -1.77. The molecule has 0 unspecified atom stereocenters. The second-order valence-corrected chi connectivity index (χ2v) is 5.67. The second-order valence-electron chi connectivity index (χ2n) is 5.67. The van der Waals surface area contributed by atoms with E-state index in [0.29, 0.717) is 6.54 Å². The fraction of sp³-hybridized carbons (Fsp3) is 0.471. The molecule has 0 atom stereocenters. The molecule has 0 heterocycles. The highest BCUT2D eigenvalue weighted by Gasteiger charge is 2.15. The van der Waals surface area contributed by atoms with Crippen molar-refractivity contribution in [2.45, 2.75) is 46.1 Å². The van der Waals surface area contributed by atoms with Gasteiger partial charge in [0, 0.05) is 6.54 Å². The Balaban J connectivity index is 2.34. The van der Waals surface area contributed by atoms with Gasteiger partial charge in [0.1, 0.15) is 5.60 Å². The Kier molecular flexibility index (Phi) is 6.29. The largest absolute Gasteiger partial charge is 0.444 e. The topological polar surface area (TPSA) is 38.3 Å². The maximum absolute atomic E-state index is 11.4. The van der Waals surface area contributed by atoms with Gasteiger partial charge in [-0.15, -0.1) is 0 Å². The summed E-state index contributed by atoms with van der Waals surface area (Å²) in [6, 6.07) is 8.34. The summed E-state index contributed by atoms with van der Waals surface area (Å²) in [4.78, 5) is 11.4. The fourth-order valence-corrected chi connectivity index (χ4v) is 1.80. The van der Waals surface area contributed by atoms with Gasteiger partial charge in [0.15, 0.2) is 0 Å². The number of carbonyl (C=O) groups excluding carboxylic acids is 1. The highest BCUT2D eigenvalue weighted by Crippen LogP contribution is 2.11. The highest BCUT2D eigenvalue weighted by atomic mass is 16.6. The predicted octanol–water partition coefficient (Wildman–Crippen LogP) is 4.18. The molecule has 1 aromatic rings. The van der Waals surface area contributed by atoms with Crippen molar-refractivity contribution in [3.63, 3.8) is 0 Å². The number of rotatable bonds is 5. The van der Waals surface area contributed by atoms with Gasteiger partial charge in [-0.1, -0.05) is 43.3 Å². The average molecular weight is 275 g/mol. The first-order chi connectivity index (χ1) is 9.42. The molecule has 1 rings (SSSR count). The molecule has 0 saturated heterocycles. The van der Waals surface area contributed by atoms with Crippen molar-refractivity contribution in [1.82, 2.24) is 5.32 Å². The van der Waals surface area contributed by atoms with E-state index in [4.69, 9.17) is 4.74 Å². The number of benzene rings is 1. The lowest BCUT2D eigenvalue weighted by atomic mass is 10.0. The van der Waals surface area contributed by atoms with E-state index in [1.54, 1.807) is 0 Å². The lowest BCUT2D eigenvalue weighted by Gasteiger charge is -2.19. The Labute approximate surface area is 122 Å². The molecule has 3 nitrogen and oxygen atoms in total. The summed E-state index contributed by atoms with van der Waals surface area (Å²) in [5.74, 6) is 0. The van der Waals surface area contributed by atoms with Crippen molar-refractivity contribution in [3.8, 4) is 0 Å². The van der Waals surface area contributed by atoms with Crippen molar-refractivity contribution in [2.75, 3.05) is 6.54 Å². The Morgan fingerprint density at radius 1 is 1.30 bits per heavy atom. The highest BCUT2D eigenvalue weighted by molar-refractivity contribution is 5.67. The van der Waals surface area contributed by atoms with Gasteiger partial charge in [0.05, 0.1) is 0 Å². The van der Waals surface area contributed by atoms with Gasteiger partial charge in [-0.3, -0.25) is 0 Å². The molecule has 0 aliphatic rings. The monoisotopic (exact) mass is 275 g/mol. The number of aryl methyl sites for hydroxylation is 1. The standard InChI is InChI=1S/C17H25NO2/c1-5-14-10-6-7-11-15(14)12-8-9-13-18-16(19)20-17(2,3)4/h6-8,10-12H,5,9,13H2,1-4H3,(H,18,19). The zero-order valence-corrected chi connectivity index (χ0v) is 12.9. The van der Waals surface area contributed by atoms with Gasteiger partial charge >= 0.3 is 6.09 Å². The van der Waals surface area contributed by atoms with Crippen LogP contribution in [0.2, 0.25) is 0 Å². The molecule has 1 N–H and O–H groups in total. The molecule has 0 aliphatic carbocycles. The maximum atomic E-state index is 11.4. The molecule has 0 saturated carbocycles. The van der Waals surface area contributed by atoms with E-state index < -0.39 is 5.60 Å². The molecule has 1 aromatic carbocycles. The summed E-state index contributed by atoms with van der Waals surface area (Å²) in [5.41, 5.74) is 2.14. The zero-order valence-electron chi connectivity index (χ0n) is 12.9. The van der Waals surface area contributed by atoms with Crippen LogP contribution in [0.1, 0.15) is 45.2 Å². The van der Waals surface area contributed by atoms with E-state index in [2.05, 4.69) is 42.6 Å². The van der Waals surface area contributed by atoms with Crippen LogP contribution in [0.3, 0.4) is 0 Å². The minimum atomic E-state index is -0.444. The van der Waals surface area contributed by atoms with Crippen molar-refractivity contribution in [3.05, 3.63) is 41.5 Å². The van der Waals surface area contributed by atoms with E-state index >= 15 is 0 Å². The number of alkyl carbamates (subject to hydrolysis) is 1. The first kappa shape index (κ1) is 16.3. The normalized spacial score (nSPS) is 11.6. The van der Waals surface area contributed by atoms with Gasteiger partial charge in [-0.05, 0) is 44.7 Å². The van der Waals surface area contributed by atoms with Gasteiger partial charge < -0.3 is 10.1 Å². The third-order valence-corrected chi connectivity index (χ3v) is 2.71. The summed E-state index contributed by atoms with van der Waals surface area (Å²) in [7, 11) is 0. The lowest BCUT2D eigenvalue weighted by Crippen LogP contribution is -2.32. The zero-order chi connectivity index (χ0) is 15.0. The van der Waals surface area contributed by atoms with Crippen LogP contribution in [0.15, 0.2) is 30.3 Å². The number of ether oxygens (including phenoxy) is 1. The average Bonchev–Trinajstić information content (AvgIpc) is 2.36. The Morgan fingerprint density at radius 2 is 2.00 bits per heavy atom.